The van der Waals surface area contributed by atoms with E-state index in [0.29, 0.717) is 5.92 Å². The molecule has 1 saturated carbocycles. The predicted molar refractivity (Wildman–Crippen MR) is 112 cm³/mol. The Hall–Kier alpha value is -2.67. The second-order valence-electron chi connectivity index (χ2n) is 7.94. The fourth-order valence-electron chi connectivity index (χ4n) is 4.37. The van der Waals surface area contributed by atoms with Gasteiger partial charge in [0.25, 0.3) is 5.69 Å². The maximum atomic E-state index is 11.2. The summed E-state index contributed by atoms with van der Waals surface area (Å²) < 4.78 is 0. The highest BCUT2D eigenvalue weighted by Crippen LogP contribution is 2.38. The topological polar surface area (TPSA) is 66.9 Å². The number of nitrogens with zero attached hydrogens (tertiary/aromatic N) is 2. The second kappa shape index (κ2) is 9.50. The summed E-state index contributed by atoms with van der Waals surface area (Å²) in [6.07, 6.45) is 10.6. The average molecular weight is 377 g/mol. The largest absolute Gasteiger partial charge is 0.287 e. The molecule has 3 rings (SSSR count). The lowest BCUT2D eigenvalue weighted by Gasteiger charge is -2.29. The third kappa shape index (κ3) is 4.78. The van der Waals surface area contributed by atoms with E-state index in [9.17, 15) is 10.1 Å². The van der Waals surface area contributed by atoms with Gasteiger partial charge in [-0.2, -0.15) is 5.26 Å². The first-order valence-corrected chi connectivity index (χ1v) is 10.4. The third-order valence-corrected chi connectivity index (χ3v) is 6.09. The van der Waals surface area contributed by atoms with E-state index >= 15 is 0 Å². The van der Waals surface area contributed by atoms with Crippen LogP contribution < -0.4 is 0 Å². The molecule has 0 aliphatic heterocycles. The third-order valence-electron chi connectivity index (χ3n) is 6.09. The molecule has 0 unspecified atom stereocenters. The van der Waals surface area contributed by atoms with Crippen molar-refractivity contribution < 1.29 is 4.92 Å². The van der Waals surface area contributed by atoms with Gasteiger partial charge in [0.15, 0.2) is 0 Å². The van der Waals surface area contributed by atoms with Crippen LogP contribution in [0.15, 0.2) is 42.5 Å². The Bertz CT molecular complexity index is 844. The van der Waals surface area contributed by atoms with Crippen molar-refractivity contribution in [1.29, 1.82) is 5.26 Å². The molecule has 1 aliphatic carbocycles. The van der Waals surface area contributed by atoms with Crippen molar-refractivity contribution in [3.63, 3.8) is 0 Å². The molecule has 0 saturated heterocycles. The Morgan fingerprint density at radius 1 is 1.04 bits per heavy atom. The molecule has 0 bridgehead atoms. The number of nitriles is 1. The van der Waals surface area contributed by atoms with Crippen LogP contribution in [0.1, 0.15) is 75.3 Å². The molecule has 0 N–H and O–H groups in total. The number of nitro groups is 1. The van der Waals surface area contributed by atoms with Crippen molar-refractivity contribution in [1.82, 2.24) is 0 Å². The van der Waals surface area contributed by atoms with Gasteiger partial charge in [0.2, 0.25) is 0 Å². The van der Waals surface area contributed by atoms with Crippen LogP contribution in [0.2, 0.25) is 0 Å². The van der Waals surface area contributed by atoms with E-state index in [-0.39, 0.29) is 11.3 Å². The molecular weight excluding hydrogens is 348 g/mol. The van der Waals surface area contributed by atoms with Gasteiger partial charge in [0.05, 0.1) is 4.92 Å². The molecule has 0 aromatic heterocycles. The van der Waals surface area contributed by atoms with Crippen LogP contribution in [-0.2, 0) is 0 Å². The first-order valence-electron chi connectivity index (χ1n) is 10.4. The Morgan fingerprint density at radius 2 is 1.71 bits per heavy atom. The minimum absolute atomic E-state index is 0.0982. The molecule has 2 aromatic carbocycles. The number of benzene rings is 2. The maximum Gasteiger partial charge on any atom is 0.287 e. The Morgan fingerprint density at radius 3 is 2.32 bits per heavy atom. The van der Waals surface area contributed by atoms with Crippen LogP contribution in [0.25, 0.3) is 11.1 Å². The minimum atomic E-state index is -0.491. The van der Waals surface area contributed by atoms with E-state index in [1.165, 1.54) is 69.1 Å². The number of unbranched alkanes of at least 4 members (excludes halogenated alkanes) is 2. The summed E-state index contributed by atoms with van der Waals surface area (Å²) in [6, 6.07) is 15.1. The molecule has 4 heteroatoms. The quantitative estimate of drug-likeness (QED) is 0.297. The average Bonchev–Trinajstić information content (AvgIpc) is 2.74. The van der Waals surface area contributed by atoms with Gasteiger partial charge in [-0.3, -0.25) is 10.1 Å². The predicted octanol–water partition coefficient (Wildman–Crippen LogP) is 6.99. The number of hydrogen-bond donors (Lipinski definition) is 0. The summed E-state index contributed by atoms with van der Waals surface area (Å²) in [5.41, 5.74) is 3.06. The molecule has 28 heavy (non-hydrogen) atoms. The number of nitro benzene ring substituents is 1. The number of hydrogen-bond acceptors (Lipinski definition) is 3. The van der Waals surface area contributed by atoms with Gasteiger partial charge in [-0.25, -0.2) is 0 Å². The van der Waals surface area contributed by atoms with Crippen LogP contribution >= 0.6 is 0 Å². The van der Waals surface area contributed by atoms with Crippen LogP contribution in [0.5, 0.6) is 0 Å². The lowest BCUT2D eigenvalue weighted by molar-refractivity contribution is -0.385. The second-order valence-corrected chi connectivity index (χ2v) is 7.94. The van der Waals surface area contributed by atoms with Gasteiger partial charge >= 0.3 is 0 Å². The van der Waals surface area contributed by atoms with Gasteiger partial charge < -0.3 is 0 Å². The zero-order valence-electron chi connectivity index (χ0n) is 16.6. The lowest BCUT2D eigenvalue weighted by atomic mass is 9.77. The normalized spacial score (nSPS) is 19.1. The molecule has 146 valence electrons. The smallest absolute Gasteiger partial charge is 0.258 e. The van der Waals surface area contributed by atoms with Crippen molar-refractivity contribution in [3.8, 4) is 17.2 Å². The summed E-state index contributed by atoms with van der Waals surface area (Å²) in [7, 11) is 0. The van der Waals surface area contributed by atoms with E-state index < -0.39 is 4.92 Å². The van der Waals surface area contributed by atoms with Crippen molar-refractivity contribution in [2.75, 3.05) is 0 Å². The lowest BCUT2D eigenvalue weighted by Crippen LogP contribution is -2.13. The molecule has 0 amide bonds. The first-order chi connectivity index (χ1) is 13.6. The summed E-state index contributed by atoms with van der Waals surface area (Å²) in [4.78, 5) is 10.7. The van der Waals surface area contributed by atoms with E-state index in [1.807, 2.05) is 18.2 Å². The molecule has 4 nitrogen and oxygen atoms in total. The van der Waals surface area contributed by atoms with Crippen LogP contribution in [0.4, 0.5) is 5.69 Å². The van der Waals surface area contributed by atoms with E-state index in [1.54, 1.807) is 6.07 Å². The molecule has 2 aromatic rings. The van der Waals surface area contributed by atoms with E-state index in [0.717, 1.165) is 17.0 Å². The Labute approximate surface area is 167 Å². The molecule has 0 spiro atoms. The fraction of sp³-hybridized carbons (Fsp3) is 0.458. The highest BCUT2D eigenvalue weighted by molar-refractivity contribution is 5.69. The monoisotopic (exact) mass is 376 g/mol. The molecule has 0 atom stereocenters. The van der Waals surface area contributed by atoms with Gasteiger partial charge in [-0.15, -0.1) is 0 Å². The Kier molecular flexibility index (Phi) is 6.81. The van der Waals surface area contributed by atoms with Gasteiger partial charge in [0, 0.05) is 6.07 Å². The fourth-order valence-corrected chi connectivity index (χ4v) is 4.37. The zero-order chi connectivity index (χ0) is 19.9. The summed E-state index contributed by atoms with van der Waals surface area (Å²) in [5.74, 6) is 1.54. The molecule has 1 fully saturated rings. The van der Waals surface area contributed by atoms with Gasteiger partial charge in [-0.1, -0.05) is 62.9 Å². The standard InChI is InChI=1S/C24H28N2O2/c1-2-3-4-5-18-6-8-19(9-7-18)20-10-12-21(13-11-20)22-14-15-23(17-25)24(16-22)26(27)28/h10-16,18-19H,2-9H2,1H3. The zero-order valence-corrected chi connectivity index (χ0v) is 16.6. The summed E-state index contributed by atoms with van der Waals surface area (Å²) in [5, 5.41) is 20.2. The van der Waals surface area contributed by atoms with Crippen molar-refractivity contribution in [3.05, 3.63) is 63.7 Å². The number of rotatable bonds is 7. The van der Waals surface area contributed by atoms with Gasteiger partial charge in [0.1, 0.15) is 11.6 Å². The van der Waals surface area contributed by atoms with Crippen molar-refractivity contribution >= 4 is 5.69 Å². The SMILES string of the molecule is CCCCCC1CCC(c2ccc(-c3ccc(C#N)c([N+](=O)[O-])c3)cc2)CC1. The minimum Gasteiger partial charge on any atom is -0.258 e. The molecular formula is C24H28N2O2. The maximum absolute atomic E-state index is 11.2. The highest BCUT2D eigenvalue weighted by atomic mass is 16.6. The molecule has 0 radical (unpaired) electrons. The van der Waals surface area contributed by atoms with E-state index in [4.69, 9.17) is 5.26 Å². The summed E-state index contributed by atoms with van der Waals surface area (Å²) >= 11 is 0. The highest BCUT2D eigenvalue weighted by Gasteiger charge is 2.22. The van der Waals surface area contributed by atoms with Crippen LogP contribution in [0, 0.1) is 27.4 Å². The Balaban J connectivity index is 1.66. The van der Waals surface area contributed by atoms with Crippen LogP contribution in [0.3, 0.4) is 0 Å². The summed E-state index contributed by atoms with van der Waals surface area (Å²) in [6.45, 7) is 2.26. The molecule has 0 heterocycles. The van der Waals surface area contributed by atoms with Crippen molar-refractivity contribution in [2.24, 2.45) is 5.92 Å². The first kappa shape index (κ1) is 20.1. The van der Waals surface area contributed by atoms with E-state index in [2.05, 4.69) is 19.1 Å². The van der Waals surface area contributed by atoms with Gasteiger partial charge in [-0.05, 0) is 60.3 Å². The molecule has 1 aliphatic rings. The van der Waals surface area contributed by atoms with Crippen LogP contribution in [-0.4, -0.2) is 4.92 Å². The van der Waals surface area contributed by atoms with Crippen molar-refractivity contribution in [2.45, 2.75) is 64.2 Å².